The summed E-state index contributed by atoms with van der Waals surface area (Å²) in [5, 5.41) is 4.28. The molecule has 3 rings (SSSR count). The molecule has 134 valence electrons. The van der Waals surface area contributed by atoms with E-state index in [0.29, 0.717) is 11.2 Å². The Balaban J connectivity index is 1.57. The second-order valence-corrected chi connectivity index (χ2v) is 7.91. The normalized spacial score (nSPS) is 25.2. The molecule has 0 aromatic carbocycles. The van der Waals surface area contributed by atoms with Gasteiger partial charge in [0.2, 0.25) is 0 Å². The standard InChI is InChI=1S/C18H29N3O2S/c1-2-17-13-21(8-11-24-17)18(20-12-15-6-10-22-14-15)19-7-5-16-4-3-9-23-16/h3-4,9,15,17H,2,5-8,10-14H2,1H3,(H,19,20). The summed E-state index contributed by atoms with van der Waals surface area (Å²) in [6, 6.07) is 3.97. The van der Waals surface area contributed by atoms with E-state index in [9.17, 15) is 0 Å². The average Bonchev–Trinajstić information content (AvgIpc) is 3.31. The minimum atomic E-state index is 0.577. The first-order chi connectivity index (χ1) is 11.8. The molecule has 3 heterocycles. The van der Waals surface area contributed by atoms with Crippen LogP contribution in [0.15, 0.2) is 27.8 Å². The first-order valence-electron chi connectivity index (χ1n) is 9.10. The van der Waals surface area contributed by atoms with Gasteiger partial charge in [0.15, 0.2) is 5.96 Å². The van der Waals surface area contributed by atoms with Crippen LogP contribution in [0.1, 0.15) is 25.5 Å². The van der Waals surface area contributed by atoms with Crippen LogP contribution in [-0.2, 0) is 11.2 Å². The van der Waals surface area contributed by atoms with Crippen molar-refractivity contribution in [3.05, 3.63) is 24.2 Å². The molecule has 0 amide bonds. The Labute approximate surface area is 149 Å². The zero-order chi connectivity index (χ0) is 16.6. The molecule has 2 atom stereocenters. The molecule has 0 bridgehead atoms. The van der Waals surface area contributed by atoms with Gasteiger partial charge in [-0.3, -0.25) is 4.99 Å². The van der Waals surface area contributed by atoms with Gasteiger partial charge in [-0.05, 0) is 25.0 Å². The Bertz CT molecular complexity index is 500. The van der Waals surface area contributed by atoms with Crippen molar-refractivity contribution in [3.8, 4) is 0 Å². The second-order valence-electron chi connectivity index (χ2n) is 6.50. The van der Waals surface area contributed by atoms with Gasteiger partial charge in [0.1, 0.15) is 5.76 Å². The van der Waals surface area contributed by atoms with Crippen molar-refractivity contribution in [2.45, 2.75) is 31.4 Å². The van der Waals surface area contributed by atoms with E-state index in [2.05, 4.69) is 28.9 Å². The van der Waals surface area contributed by atoms with Crippen LogP contribution in [0.5, 0.6) is 0 Å². The number of hydrogen-bond donors (Lipinski definition) is 1. The van der Waals surface area contributed by atoms with Crippen LogP contribution in [-0.4, -0.2) is 61.3 Å². The number of aliphatic imine (C=N–C) groups is 1. The Morgan fingerprint density at radius 2 is 2.46 bits per heavy atom. The maximum absolute atomic E-state index is 5.48. The van der Waals surface area contributed by atoms with Crippen LogP contribution in [0.4, 0.5) is 0 Å². The van der Waals surface area contributed by atoms with Gasteiger partial charge in [-0.1, -0.05) is 6.92 Å². The average molecular weight is 352 g/mol. The summed E-state index contributed by atoms with van der Waals surface area (Å²) in [5.41, 5.74) is 0. The van der Waals surface area contributed by atoms with Gasteiger partial charge in [0.25, 0.3) is 0 Å². The third-order valence-corrected chi connectivity index (χ3v) is 6.02. The maximum Gasteiger partial charge on any atom is 0.194 e. The zero-order valence-electron chi connectivity index (χ0n) is 14.6. The molecule has 6 heteroatoms. The Kier molecular flexibility index (Phi) is 6.90. The highest BCUT2D eigenvalue weighted by atomic mass is 32.2. The number of thioether (sulfide) groups is 1. The van der Waals surface area contributed by atoms with E-state index >= 15 is 0 Å². The monoisotopic (exact) mass is 351 g/mol. The minimum absolute atomic E-state index is 0.577. The molecule has 5 nitrogen and oxygen atoms in total. The lowest BCUT2D eigenvalue weighted by molar-refractivity contribution is 0.187. The number of ether oxygens (including phenoxy) is 1. The summed E-state index contributed by atoms with van der Waals surface area (Å²) in [6.45, 7) is 7.91. The van der Waals surface area contributed by atoms with Crippen LogP contribution >= 0.6 is 11.8 Å². The molecule has 1 aromatic rings. The van der Waals surface area contributed by atoms with Gasteiger partial charge in [-0.15, -0.1) is 0 Å². The fraction of sp³-hybridized carbons (Fsp3) is 0.722. The SMILES string of the molecule is CCC1CN(C(=NCC2CCOC2)NCCc2ccco2)CCS1. The first kappa shape index (κ1) is 17.7. The largest absolute Gasteiger partial charge is 0.469 e. The van der Waals surface area contributed by atoms with Crippen LogP contribution in [0.3, 0.4) is 0 Å². The molecule has 2 unspecified atom stereocenters. The first-order valence-corrected chi connectivity index (χ1v) is 10.1. The molecule has 1 N–H and O–H groups in total. The molecule has 2 aliphatic rings. The quantitative estimate of drug-likeness (QED) is 0.631. The van der Waals surface area contributed by atoms with Crippen LogP contribution < -0.4 is 5.32 Å². The van der Waals surface area contributed by atoms with Gasteiger partial charge in [-0.2, -0.15) is 11.8 Å². The van der Waals surface area contributed by atoms with E-state index in [1.807, 2.05) is 12.1 Å². The van der Waals surface area contributed by atoms with Crippen LogP contribution in [0, 0.1) is 5.92 Å². The van der Waals surface area contributed by atoms with E-state index in [0.717, 1.165) is 64.0 Å². The van der Waals surface area contributed by atoms with Crippen molar-refractivity contribution in [2.24, 2.45) is 10.9 Å². The lowest BCUT2D eigenvalue weighted by atomic mass is 10.1. The van der Waals surface area contributed by atoms with Crippen LogP contribution in [0.25, 0.3) is 0 Å². The predicted octanol–water partition coefficient (Wildman–Crippen LogP) is 2.63. The summed E-state index contributed by atoms with van der Waals surface area (Å²) in [4.78, 5) is 7.36. The van der Waals surface area contributed by atoms with Crippen molar-refractivity contribution in [1.29, 1.82) is 0 Å². The summed E-state index contributed by atoms with van der Waals surface area (Å²) in [6.07, 6.45) is 4.98. The number of hydrogen-bond acceptors (Lipinski definition) is 4. The lowest BCUT2D eigenvalue weighted by Gasteiger charge is -2.34. The fourth-order valence-electron chi connectivity index (χ4n) is 3.12. The maximum atomic E-state index is 5.48. The van der Waals surface area contributed by atoms with E-state index < -0.39 is 0 Å². The van der Waals surface area contributed by atoms with Gasteiger partial charge in [-0.25, -0.2) is 0 Å². The van der Waals surface area contributed by atoms with Gasteiger partial charge >= 0.3 is 0 Å². The molecule has 0 radical (unpaired) electrons. The summed E-state index contributed by atoms with van der Waals surface area (Å²) in [7, 11) is 0. The van der Waals surface area contributed by atoms with E-state index in [1.165, 1.54) is 12.2 Å². The number of nitrogens with one attached hydrogen (secondary N) is 1. The topological polar surface area (TPSA) is 50.0 Å². The van der Waals surface area contributed by atoms with Crippen molar-refractivity contribution >= 4 is 17.7 Å². The smallest absolute Gasteiger partial charge is 0.194 e. The van der Waals surface area contributed by atoms with E-state index in [4.69, 9.17) is 14.1 Å². The highest BCUT2D eigenvalue weighted by Crippen LogP contribution is 2.21. The van der Waals surface area contributed by atoms with Gasteiger partial charge in [0.05, 0.1) is 12.9 Å². The predicted molar refractivity (Wildman–Crippen MR) is 99.8 cm³/mol. The number of furan rings is 1. The molecule has 1 aromatic heterocycles. The van der Waals surface area contributed by atoms with Crippen molar-refractivity contribution in [3.63, 3.8) is 0 Å². The van der Waals surface area contributed by atoms with Crippen LogP contribution in [0.2, 0.25) is 0 Å². The Hall–Kier alpha value is -1.14. The fourth-order valence-corrected chi connectivity index (χ4v) is 4.30. The molecule has 2 aliphatic heterocycles. The third kappa shape index (κ3) is 5.18. The number of nitrogens with zero attached hydrogens (tertiary/aromatic N) is 2. The molecule has 0 spiro atoms. The molecule has 24 heavy (non-hydrogen) atoms. The third-order valence-electron chi connectivity index (χ3n) is 4.65. The van der Waals surface area contributed by atoms with E-state index in [1.54, 1.807) is 6.26 Å². The molecular weight excluding hydrogens is 322 g/mol. The summed E-state index contributed by atoms with van der Waals surface area (Å²) in [5.74, 6) is 3.84. The second kappa shape index (κ2) is 9.37. The molecule has 0 saturated carbocycles. The highest BCUT2D eigenvalue weighted by molar-refractivity contribution is 8.00. The zero-order valence-corrected chi connectivity index (χ0v) is 15.4. The van der Waals surface area contributed by atoms with E-state index in [-0.39, 0.29) is 0 Å². The highest BCUT2D eigenvalue weighted by Gasteiger charge is 2.22. The molecule has 0 aliphatic carbocycles. The lowest BCUT2D eigenvalue weighted by Crippen LogP contribution is -2.48. The van der Waals surface area contributed by atoms with Crippen molar-refractivity contribution in [1.82, 2.24) is 10.2 Å². The molecule has 2 fully saturated rings. The molecular formula is C18H29N3O2S. The van der Waals surface area contributed by atoms with Crippen molar-refractivity contribution < 1.29 is 9.15 Å². The summed E-state index contributed by atoms with van der Waals surface area (Å²) >= 11 is 2.09. The Morgan fingerprint density at radius 1 is 1.50 bits per heavy atom. The minimum Gasteiger partial charge on any atom is -0.469 e. The Morgan fingerprint density at radius 3 is 3.21 bits per heavy atom. The summed E-state index contributed by atoms with van der Waals surface area (Å²) < 4.78 is 10.9. The number of rotatable bonds is 6. The van der Waals surface area contributed by atoms with Gasteiger partial charge < -0.3 is 19.4 Å². The van der Waals surface area contributed by atoms with Gasteiger partial charge in [0, 0.05) is 56.1 Å². The van der Waals surface area contributed by atoms with Crippen molar-refractivity contribution in [2.75, 3.05) is 45.1 Å². The number of guanidine groups is 1. The molecule has 2 saturated heterocycles.